The van der Waals surface area contributed by atoms with E-state index in [-0.39, 0.29) is 0 Å². The van der Waals surface area contributed by atoms with Crippen molar-refractivity contribution in [3.05, 3.63) is 50.6 Å². The van der Waals surface area contributed by atoms with Crippen molar-refractivity contribution in [1.82, 2.24) is 0 Å². The van der Waals surface area contributed by atoms with E-state index in [1.165, 1.54) is 0 Å². The first-order valence-electron chi connectivity index (χ1n) is 11.2. The lowest BCUT2D eigenvalue weighted by atomic mass is 10.2. The van der Waals surface area contributed by atoms with Gasteiger partial charge in [-0.3, -0.25) is 0 Å². The summed E-state index contributed by atoms with van der Waals surface area (Å²) in [6, 6.07) is 0. The van der Waals surface area contributed by atoms with Crippen LogP contribution in [0.15, 0.2) is 50.6 Å². The van der Waals surface area contributed by atoms with Gasteiger partial charge < -0.3 is 17.7 Å². The van der Waals surface area contributed by atoms with Crippen LogP contribution in [0.5, 0.6) is 0 Å². The summed E-state index contributed by atoms with van der Waals surface area (Å²) in [7, 11) is -3.14. The number of unbranched alkanes of at least 4 members (excludes halogenated alkanes) is 8. The highest BCUT2D eigenvalue weighted by atomic mass is 28.4. The monoisotopic (exact) mass is 424 g/mol. The van der Waals surface area contributed by atoms with Crippen LogP contribution in [0.3, 0.4) is 0 Å². The lowest BCUT2D eigenvalue weighted by Crippen LogP contribution is -2.50. The van der Waals surface area contributed by atoms with Gasteiger partial charge in [0, 0.05) is 26.4 Å². The van der Waals surface area contributed by atoms with Crippen LogP contribution < -0.4 is 0 Å². The van der Waals surface area contributed by atoms with Crippen LogP contribution in [0, 0.1) is 0 Å². The molecule has 4 nitrogen and oxygen atoms in total. The van der Waals surface area contributed by atoms with Crippen molar-refractivity contribution >= 4 is 9.05 Å². The zero-order chi connectivity index (χ0) is 21.5. The Morgan fingerprint density at radius 2 is 0.655 bits per heavy atom. The number of hydrogen-bond acceptors (Lipinski definition) is 4. The van der Waals surface area contributed by atoms with Crippen molar-refractivity contribution in [3.63, 3.8) is 0 Å². The Morgan fingerprint density at radius 3 is 0.862 bits per heavy atom. The van der Waals surface area contributed by atoms with E-state index in [4.69, 9.17) is 17.7 Å². The van der Waals surface area contributed by atoms with Gasteiger partial charge in [-0.1, -0.05) is 24.3 Å². The molecule has 5 heteroatoms. The van der Waals surface area contributed by atoms with Gasteiger partial charge in [0.1, 0.15) is 0 Å². The molecule has 0 saturated carbocycles. The topological polar surface area (TPSA) is 36.9 Å². The molecule has 0 aliphatic heterocycles. The predicted molar refractivity (Wildman–Crippen MR) is 126 cm³/mol. The van der Waals surface area contributed by atoms with E-state index in [2.05, 4.69) is 26.3 Å². The molecule has 0 unspecified atom stereocenters. The highest BCUT2D eigenvalue weighted by Crippen LogP contribution is 2.17. The maximum Gasteiger partial charge on any atom is 0.679 e. The van der Waals surface area contributed by atoms with Gasteiger partial charge >= 0.3 is 9.05 Å². The molecule has 0 aliphatic rings. The van der Waals surface area contributed by atoms with E-state index in [1.54, 1.807) is 0 Å². The minimum atomic E-state index is -3.14. The summed E-state index contributed by atoms with van der Waals surface area (Å²) in [6.07, 6.45) is 19.7. The van der Waals surface area contributed by atoms with Gasteiger partial charge in [0.25, 0.3) is 0 Å². The fourth-order valence-electron chi connectivity index (χ4n) is 2.60. The highest BCUT2D eigenvalue weighted by Gasteiger charge is 2.45. The predicted octanol–water partition coefficient (Wildman–Crippen LogP) is 6.91. The Balaban J connectivity index is 4.76. The molecule has 0 rings (SSSR count). The molecule has 0 heterocycles. The number of hydrogen-bond donors (Lipinski definition) is 0. The lowest BCUT2D eigenvalue weighted by Gasteiger charge is -2.28. The molecule has 0 fully saturated rings. The largest absolute Gasteiger partial charge is 0.679 e. The molecule has 0 aromatic rings. The van der Waals surface area contributed by atoms with Crippen molar-refractivity contribution in [1.29, 1.82) is 0 Å². The normalized spacial score (nSPS) is 11.3. The molecule has 0 N–H and O–H groups in total. The maximum absolute atomic E-state index is 6.17. The maximum atomic E-state index is 6.17. The third-order valence-corrected chi connectivity index (χ3v) is 6.56. The number of allylic oxidation sites excluding steroid dienone is 4. The molecule has 0 atom stereocenters. The third-order valence-electron chi connectivity index (χ3n) is 4.33. The Bertz CT molecular complexity index is 334. The Labute approximate surface area is 181 Å². The molecule has 0 amide bonds. The first-order valence-corrected chi connectivity index (χ1v) is 12.9. The molecule has 0 aliphatic carbocycles. The van der Waals surface area contributed by atoms with E-state index < -0.39 is 9.05 Å². The van der Waals surface area contributed by atoms with E-state index in [0.29, 0.717) is 26.4 Å². The average molecular weight is 425 g/mol. The number of rotatable bonds is 24. The zero-order valence-electron chi connectivity index (χ0n) is 18.6. The van der Waals surface area contributed by atoms with Gasteiger partial charge in [-0.25, -0.2) is 0 Å². The fourth-order valence-corrected chi connectivity index (χ4v) is 4.68. The van der Waals surface area contributed by atoms with Gasteiger partial charge in [-0.2, -0.15) is 0 Å². The summed E-state index contributed by atoms with van der Waals surface area (Å²) >= 11 is 0. The Kier molecular flexibility index (Phi) is 21.0. The highest BCUT2D eigenvalue weighted by molar-refractivity contribution is 6.53. The summed E-state index contributed by atoms with van der Waals surface area (Å²) in [5.41, 5.74) is 0. The quantitative estimate of drug-likeness (QED) is 0.0958. The van der Waals surface area contributed by atoms with Crippen LogP contribution in [0.2, 0.25) is 0 Å². The first kappa shape index (κ1) is 28.0. The fraction of sp³-hybridized carbons (Fsp3) is 0.667. The standard InChI is InChI=1S/C24H44O4Si/c1-5-9-13-17-21-25-29(26-22-18-14-10-6-2,27-23-19-15-11-7-3)28-24-20-16-12-8-4/h5-8H,1-4,9-24H2. The molecule has 0 aromatic heterocycles. The van der Waals surface area contributed by atoms with E-state index >= 15 is 0 Å². The van der Waals surface area contributed by atoms with E-state index in [9.17, 15) is 0 Å². The third kappa shape index (κ3) is 17.6. The summed E-state index contributed by atoms with van der Waals surface area (Å²) < 4.78 is 24.7. The molecule has 168 valence electrons. The summed E-state index contributed by atoms with van der Waals surface area (Å²) in [6.45, 7) is 17.5. The van der Waals surface area contributed by atoms with Crippen molar-refractivity contribution in [2.24, 2.45) is 0 Å². The van der Waals surface area contributed by atoms with Crippen molar-refractivity contribution in [2.75, 3.05) is 26.4 Å². The zero-order valence-corrected chi connectivity index (χ0v) is 19.6. The van der Waals surface area contributed by atoms with Crippen LogP contribution in [-0.4, -0.2) is 35.5 Å². The molecule has 29 heavy (non-hydrogen) atoms. The molecule has 0 radical (unpaired) electrons. The second-order valence-electron chi connectivity index (χ2n) is 7.03. The van der Waals surface area contributed by atoms with Crippen LogP contribution in [-0.2, 0) is 17.7 Å². The molecule has 0 bridgehead atoms. The smallest absolute Gasteiger partial charge is 0.351 e. The van der Waals surface area contributed by atoms with Gasteiger partial charge in [0.15, 0.2) is 0 Å². The van der Waals surface area contributed by atoms with Crippen LogP contribution in [0.1, 0.15) is 77.0 Å². The molecule has 0 spiro atoms. The van der Waals surface area contributed by atoms with Crippen LogP contribution >= 0.6 is 0 Å². The lowest BCUT2D eigenvalue weighted by molar-refractivity contribution is -0.0372. The summed E-state index contributed by atoms with van der Waals surface area (Å²) in [4.78, 5) is 0. The summed E-state index contributed by atoms with van der Waals surface area (Å²) in [5, 5.41) is 0. The van der Waals surface area contributed by atoms with Gasteiger partial charge in [-0.05, 0) is 77.0 Å². The molecular weight excluding hydrogens is 380 g/mol. The Morgan fingerprint density at radius 1 is 0.414 bits per heavy atom. The van der Waals surface area contributed by atoms with Crippen LogP contribution in [0.4, 0.5) is 0 Å². The van der Waals surface area contributed by atoms with Crippen molar-refractivity contribution < 1.29 is 17.7 Å². The van der Waals surface area contributed by atoms with Crippen LogP contribution in [0.25, 0.3) is 0 Å². The Hall–Kier alpha value is -0.983. The SMILES string of the molecule is C=CCCCCO[Si](OCCCCC=C)(OCCCCC=C)OCCCCC=C. The second-order valence-corrected chi connectivity index (χ2v) is 9.19. The molecular formula is C24H44O4Si. The summed E-state index contributed by atoms with van der Waals surface area (Å²) in [5.74, 6) is 0. The van der Waals surface area contributed by atoms with Gasteiger partial charge in [-0.15, -0.1) is 26.3 Å². The van der Waals surface area contributed by atoms with Gasteiger partial charge in [0.2, 0.25) is 0 Å². The minimum Gasteiger partial charge on any atom is -0.351 e. The molecule has 0 saturated heterocycles. The first-order chi connectivity index (χ1) is 14.2. The molecule has 0 aromatic carbocycles. The minimum absolute atomic E-state index is 0.589. The van der Waals surface area contributed by atoms with E-state index in [1.807, 2.05) is 24.3 Å². The van der Waals surface area contributed by atoms with Crippen molar-refractivity contribution in [3.8, 4) is 0 Å². The van der Waals surface area contributed by atoms with E-state index in [0.717, 1.165) is 77.0 Å². The second kappa shape index (κ2) is 21.7. The van der Waals surface area contributed by atoms with Gasteiger partial charge in [0.05, 0.1) is 0 Å². The average Bonchev–Trinajstić information content (AvgIpc) is 2.73. The van der Waals surface area contributed by atoms with Crippen molar-refractivity contribution in [2.45, 2.75) is 77.0 Å².